The van der Waals surface area contributed by atoms with Gasteiger partial charge in [-0.1, -0.05) is 11.8 Å². The van der Waals surface area contributed by atoms with E-state index < -0.39 is 29.4 Å². The van der Waals surface area contributed by atoms with E-state index in [1.165, 1.54) is 51.5 Å². The van der Waals surface area contributed by atoms with Gasteiger partial charge in [0, 0.05) is 18.2 Å². The minimum atomic E-state index is -0.755. The Morgan fingerprint density at radius 1 is 1.12 bits per heavy atom. The maximum atomic E-state index is 13.8. The van der Waals surface area contributed by atoms with E-state index in [4.69, 9.17) is 0 Å². The third-order valence-electron chi connectivity index (χ3n) is 5.07. The lowest BCUT2D eigenvalue weighted by Gasteiger charge is -2.14. The van der Waals surface area contributed by atoms with Crippen LogP contribution in [0.2, 0.25) is 0 Å². The summed E-state index contributed by atoms with van der Waals surface area (Å²) in [5, 5.41) is 7.23. The topological polar surface area (TPSA) is 81.8 Å². The Balaban J connectivity index is 1.44. The number of hydrogen-bond acceptors (Lipinski definition) is 5. The summed E-state index contributed by atoms with van der Waals surface area (Å²) >= 11 is 1.31. The van der Waals surface area contributed by atoms with Crippen molar-refractivity contribution in [2.75, 3.05) is 11.1 Å². The molecule has 2 aromatic heterocycles. The Hall–Kier alpha value is -3.60. The van der Waals surface area contributed by atoms with Crippen LogP contribution in [0.4, 0.5) is 18.9 Å². The van der Waals surface area contributed by atoms with Gasteiger partial charge in [-0.05, 0) is 36.4 Å². The summed E-state index contributed by atoms with van der Waals surface area (Å²) in [6.45, 7) is 0. The molecule has 0 saturated heterocycles. The van der Waals surface area contributed by atoms with Crippen LogP contribution in [-0.2, 0) is 4.79 Å². The van der Waals surface area contributed by atoms with Gasteiger partial charge in [-0.2, -0.15) is 5.10 Å². The first kappa shape index (κ1) is 20.3. The molecule has 5 rings (SSSR count). The highest BCUT2D eigenvalue weighted by molar-refractivity contribution is 7.99. The van der Waals surface area contributed by atoms with Gasteiger partial charge < -0.3 is 5.32 Å². The van der Waals surface area contributed by atoms with Crippen molar-refractivity contribution < 1.29 is 18.0 Å². The maximum Gasteiger partial charge on any atom is 0.265 e. The van der Waals surface area contributed by atoms with Gasteiger partial charge in [0.2, 0.25) is 5.91 Å². The Labute approximate surface area is 182 Å². The maximum absolute atomic E-state index is 13.8. The summed E-state index contributed by atoms with van der Waals surface area (Å²) in [5.74, 6) is -1.97. The molecule has 1 atom stereocenters. The van der Waals surface area contributed by atoms with E-state index in [1.807, 2.05) is 0 Å². The summed E-state index contributed by atoms with van der Waals surface area (Å²) in [6, 6.07) is 7.89. The Bertz CT molecular complexity index is 1420. The minimum Gasteiger partial charge on any atom is -0.323 e. The Morgan fingerprint density at radius 3 is 2.66 bits per heavy atom. The smallest absolute Gasteiger partial charge is 0.265 e. The molecular weight excluding hydrogens is 443 g/mol. The first-order chi connectivity index (χ1) is 15.4. The molecule has 0 radical (unpaired) electrons. The number of rotatable bonds is 4. The average Bonchev–Trinajstić information content (AvgIpc) is 3.36. The number of thioether (sulfide) groups is 1. The molecule has 3 heterocycles. The molecule has 0 aliphatic carbocycles. The number of carbonyl (C=O) groups excluding carboxylic acids is 1. The Kier molecular flexibility index (Phi) is 4.97. The van der Waals surface area contributed by atoms with Crippen molar-refractivity contribution in [1.29, 1.82) is 0 Å². The molecule has 32 heavy (non-hydrogen) atoms. The summed E-state index contributed by atoms with van der Waals surface area (Å²) in [4.78, 5) is 30.1. The lowest BCUT2D eigenvalue weighted by Crippen LogP contribution is -2.28. The van der Waals surface area contributed by atoms with Gasteiger partial charge in [-0.3, -0.25) is 14.2 Å². The second kappa shape index (κ2) is 7.83. The van der Waals surface area contributed by atoms with Crippen LogP contribution in [0, 0.1) is 17.5 Å². The fraction of sp³-hybridized carbons (Fsp3) is 0.143. The quantitative estimate of drug-likeness (QED) is 0.473. The molecule has 1 aliphatic heterocycles. The van der Waals surface area contributed by atoms with Crippen LogP contribution in [0.25, 0.3) is 16.7 Å². The van der Waals surface area contributed by atoms with E-state index in [9.17, 15) is 22.8 Å². The fourth-order valence-electron chi connectivity index (χ4n) is 3.56. The second-order valence-corrected chi connectivity index (χ2v) is 8.17. The third-order valence-corrected chi connectivity index (χ3v) is 6.16. The van der Waals surface area contributed by atoms with Gasteiger partial charge in [-0.15, -0.1) is 0 Å². The number of aromatic nitrogens is 4. The van der Waals surface area contributed by atoms with Gasteiger partial charge >= 0.3 is 0 Å². The molecule has 0 bridgehead atoms. The molecule has 4 aromatic rings. The van der Waals surface area contributed by atoms with Crippen LogP contribution in [0.15, 0.2) is 58.6 Å². The standard InChI is InChI=1S/C21H14F3N5O2S/c22-11-1-4-13(5-2-11)29-19-15(9-25-29)20(31)28-14(10-32-21(28)27-19)8-18(30)26-17-7-12(23)3-6-16(17)24/h1-7,9,14H,8,10H2,(H,26,30). The minimum absolute atomic E-state index is 0.116. The third kappa shape index (κ3) is 3.54. The van der Waals surface area contributed by atoms with E-state index >= 15 is 0 Å². The van der Waals surface area contributed by atoms with Gasteiger partial charge in [-0.25, -0.2) is 22.8 Å². The van der Waals surface area contributed by atoms with Crippen molar-refractivity contribution >= 4 is 34.4 Å². The van der Waals surface area contributed by atoms with Crippen molar-refractivity contribution in [3.63, 3.8) is 0 Å². The molecule has 7 nitrogen and oxygen atoms in total. The zero-order chi connectivity index (χ0) is 22.4. The van der Waals surface area contributed by atoms with E-state index in [0.717, 1.165) is 18.2 Å². The first-order valence-electron chi connectivity index (χ1n) is 9.54. The van der Waals surface area contributed by atoms with Gasteiger partial charge in [0.15, 0.2) is 10.8 Å². The number of benzene rings is 2. The van der Waals surface area contributed by atoms with Crippen molar-refractivity contribution in [3.8, 4) is 5.69 Å². The van der Waals surface area contributed by atoms with Gasteiger partial charge in [0.1, 0.15) is 22.8 Å². The molecule has 0 fully saturated rings. The summed E-state index contributed by atoms with van der Waals surface area (Å²) in [6.07, 6.45) is 1.26. The zero-order valence-corrected chi connectivity index (χ0v) is 17.1. The monoisotopic (exact) mass is 457 g/mol. The summed E-state index contributed by atoms with van der Waals surface area (Å²) in [7, 11) is 0. The number of halogens is 3. The van der Waals surface area contributed by atoms with E-state index in [-0.39, 0.29) is 23.1 Å². The largest absolute Gasteiger partial charge is 0.323 e. The van der Waals surface area contributed by atoms with Crippen LogP contribution in [-0.4, -0.2) is 31.0 Å². The number of hydrogen-bond donors (Lipinski definition) is 1. The average molecular weight is 457 g/mol. The molecule has 11 heteroatoms. The molecule has 1 N–H and O–H groups in total. The lowest BCUT2D eigenvalue weighted by atomic mass is 10.2. The molecule has 162 valence electrons. The highest BCUT2D eigenvalue weighted by Crippen LogP contribution is 2.33. The first-order valence-corrected chi connectivity index (χ1v) is 10.5. The van der Waals surface area contributed by atoms with E-state index in [1.54, 1.807) is 0 Å². The molecular formula is C21H14F3N5O2S. The van der Waals surface area contributed by atoms with Crippen LogP contribution >= 0.6 is 11.8 Å². The van der Waals surface area contributed by atoms with Crippen LogP contribution in [0.1, 0.15) is 12.5 Å². The van der Waals surface area contributed by atoms with Crippen molar-refractivity contribution in [2.45, 2.75) is 17.6 Å². The lowest BCUT2D eigenvalue weighted by molar-refractivity contribution is -0.116. The Morgan fingerprint density at radius 2 is 1.88 bits per heavy atom. The van der Waals surface area contributed by atoms with Crippen LogP contribution < -0.4 is 10.9 Å². The fourth-order valence-corrected chi connectivity index (χ4v) is 4.69. The van der Waals surface area contributed by atoms with Gasteiger partial charge in [0.05, 0.1) is 23.6 Å². The van der Waals surface area contributed by atoms with Crippen molar-refractivity contribution in [2.24, 2.45) is 0 Å². The van der Waals surface area contributed by atoms with Crippen molar-refractivity contribution in [3.05, 3.63) is 76.5 Å². The summed E-state index contributed by atoms with van der Waals surface area (Å²) < 4.78 is 43.3. The molecule has 1 unspecified atom stereocenters. The highest BCUT2D eigenvalue weighted by Gasteiger charge is 2.30. The van der Waals surface area contributed by atoms with Crippen LogP contribution in [0.5, 0.6) is 0 Å². The molecule has 2 aromatic carbocycles. The number of anilines is 1. The summed E-state index contributed by atoms with van der Waals surface area (Å²) in [5.41, 5.74) is 0.252. The molecule has 0 saturated carbocycles. The number of carbonyl (C=O) groups is 1. The van der Waals surface area contributed by atoms with Gasteiger partial charge in [0.25, 0.3) is 5.56 Å². The highest BCUT2D eigenvalue weighted by atomic mass is 32.2. The number of nitrogens with zero attached hydrogens (tertiary/aromatic N) is 4. The number of nitrogens with one attached hydrogen (secondary N) is 1. The molecule has 1 amide bonds. The molecule has 1 aliphatic rings. The number of fused-ring (bicyclic) bond motifs is 2. The SMILES string of the molecule is O=C(CC1CSc2nc3c(cnn3-c3ccc(F)cc3)c(=O)n21)Nc1cc(F)ccc1F. The van der Waals surface area contributed by atoms with Crippen molar-refractivity contribution in [1.82, 2.24) is 19.3 Å². The zero-order valence-electron chi connectivity index (χ0n) is 16.3. The normalized spacial score (nSPS) is 15.2. The predicted octanol–water partition coefficient (Wildman–Crippen LogP) is 3.68. The number of amides is 1. The second-order valence-electron chi connectivity index (χ2n) is 7.18. The van der Waals surface area contributed by atoms with E-state index in [0.29, 0.717) is 22.2 Å². The molecule has 0 spiro atoms. The van der Waals surface area contributed by atoms with E-state index in [2.05, 4.69) is 15.4 Å². The predicted molar refractivity (Wildman–Crippen MR) is 112 cm³/mol. The van der Waals surface area contributed by atoms with Crippen LogP contribution in [0.3, 0.4) is 0 Å².